The van der Waals surface area contributed by atoms with Crippen LogP contribution in [-0.2, 0) is 23.7 Å². The predicted octanol–water partition coefficient (Wildman–Crippen LogP) is 5.25. The summed E-state index contributed by atoms with van der Waals surface area (Å²) in [6, 6.07) is 0. The summed E-state index contributed by atoms with van der Waals surface area (Å²) in [7, 11) is 0. The molecule has 0 aromatic rings. The van der Waals surface area contributed by atoms with Gasteiger partial charge in [0.1, 0.15) is 0 Å². The first kappa shape index (κ1) is 34.4. The Morgan fingerprint density at radius 2 is 0.933 bits per heavy atom. The van der Waals surface area contributed by atoms with E-state index in [2.05, 4.69) is 48.5 Å². The van der Waals surface area contributed by atoms with Crippen LogP contribution in [-0.4, -0.2) is 74.8 Å². The predicted molar refractivity (Wildman–Crippen MR) is 126 cm³/mol. The molecular weight excluding hydrogens is 384 g/mol. The molecule has 30 heavy (non-hydrogen) atoms. The van der Waals surface area contributed by atoms with E-state index in [4.69, 9.17) is 28.8 Å². The first-order chi connectivity index (χ1) is 13.7. The van der Waals surface area contributed by atoms with E-state index in [9.17, 15) is 0 Å². The largest absolute Gasteiger partial charge is 0.394 e. The normalized spacial score (nSPS) is 12.0. The van der Waals surface area contributed by atoms with E-state index in [1.165, 1.54) is 12.8 Å². The van der Waals surface area contributed by atoms with Crippen LogP contribution in [0.5, 0.6) is 0 Å². The zero-order chi connectivity index (χ0) is 24.1. The standard InChI is InChI=1S/C10H22O4.C8H18O.C6H14O/c1-10(2,3)14-9-8-13-7-6-12-5-4-11;1-5-6-7-9-8(2,3)4;1-5-7-6(2,3)4/h11H,4-9H2,1-3H3;5-7H2,1-4H3;5H2,1-4H3. The number of unbranched alkanes of at least 4 members (excludes halogenated alkanes) is 1. The maximum Gasteiger partial charge on any atom is 0.0707 e. The molecule has 0 spiro atoms. The lowest BCUT2D eigenvalue weighted by molar-refractivity contribution is -0.0436. The topological polar surface area (TPSA) is 66.4 Å². The highest BCUT2D eigenvalue weighted by atomic mass is 16.6. The number of rotatable bonds is 12. The molecule has 0 bridgehead atoms. The average Bonchev–Trinajstić information content (AvgIpc) is 2.55. The van der Waals surface area contributed by atoms with Gasteiger partial charge in [-0.3, -0.25) is 0 Å². The van der Waals surface area contributed by atoms with Crippen LogP contribution < -0.4 is 0 Å². The summed E-state index contributed by atoms with van der Waals surface area (Å²) >= 11 is 0. The summed E-state index contributed by atoms with van der Waals surface area (Å²) in [6.45, 7) is 27.0. The van der Waals surface area contributed by atoms with Crippen molar-refractivity contribution in [2.45, 2.75) is 106 Å². The second-order valence-electron chi connectivity index (χ2n) is 9.77. The van der Waals surface area contributed by atoms with E-state index in [0.29, 0.717) is 33.0 Å². The van der Waals surface area contributed by atoms with Crippen LogP contribution >= 0.6 is 0 Å². The van der Waals surface area contributed by atoms with Gasteiger partial charge >= 0.3 is 0 Å². The van der Waals surface area contributed by atoms with Gasteiger partial charge in [-0.1, -0.05) is 13.3 Å². The fourth-order valence-electron chi connectivity index (χ4n) is 1.75. The molecule has 0 aliphatic heterocycles. The lowest BCUT2D eigenvalue weighted by Gasteiger charge is -2.19. The van der Waals surface area contributed by atoms with Gasteiger partial charge in [0.25, 0.3) is 0 Å². The zero-order valence-electron chi connectivity index (χ0n) is 22.1. The Labute approximate surface area is 188 Å². The Bertz CT molecular complexity index is 326. The molecule has 0 amide bonds. The summed E-state index contributed by atoms with van der Waals surface area (Å²) in [5, 5.41) is 8.41. The van der Waals surface area contributed by atoms with Crippen molar-refractivity contribution >= 4 is 0 Å². The van der Waals surface area contributed by atoms with Crippen LogP contribution in [0.1, 0.15) is 89.0 Å². The molecule has 0 unspecified atom stereocenters. The van der Waals surface area contributed by atoms with Crippen molar-refractivity contribution in [1.82, 2.24) is 0 Å². The summed E-state index contributed by atoms with van der Waals surface area (Å²) in [5.74, 6) is 0. The smallest absolute Gasteiger partial charge is 0.0707 e. The molecule has 0 aliphatic carbocycles. The van der Waals surface area contributed by atoms with E-state index >= 15 is 0 Å². The van der Waals surface area contributed by atoms with E-state index in [1.807, 2.05) is 27.7 Å². The molecule has 6 heteroatoms. The van der Waals surface area contributed by atoms with Crippen molar-refractivity contribution in [1.29, 1.82) is 0 Å². The second-order valence-corrected chi connectivity index (χ2v) is 9.77. The Morgan fingerprint density at radius 3 is 1.27 bits per heavy atom. The summed E-state index contributed by atoms with van der Waals surface area (Å²) < 4.78 is 26.4. The van der Waals surface area contributed by atoms with Crippen LogP contribution in [0, 0.1) is 0 Å². The first-order valence-electron chi connectivity index (χ1n) is 11.4. The third-order valence-corrected chi connectivity index (χ3v) is 2.98. The minimum Gasteiger partial charge on any atom is -0.394 e. The number of aliphatic hydroxyl groups excluding tert-OH is 1. The van der Waals surface area contributed by atoms with Crippen molar-refractivity contribution in [2.24, 2.45) is 0 Å². The second kappa shape index (κ2) is 20.7. The molecule has 0 saturated carbocycles. The third-order valence-electron chi connectivity index (χ3n) is 2.98. The highest BCUT2D eigenvalue weighted by Gasteiger charge is 2.09. The first-order valence-corrected chi connectivity index (χ1v) is 11.4. The molecule has 0 fully saturated rings. The van der Waals surface area contributed by atoms with Crippen LogP contribution in [0.4, 0.5) is 0 Å². The molecule has 6 nitrogen and oxygen atoms in total. The number of ether oxygens (including phenoxy) is 5. The lowest BCUT2D eigenvalue weighted by Crippen LogP contribution is -2.22. The van der Waals surface area contributed by atoms with Gasteiger partial charge in [0.05, 0.1) is 56.4 Å². The average molecular weight is 439 g/mol. The van der Waals surface area contributed by atoms with E-state index in [0.717, 1.165) is 13.2 Å². The molecule has 0 aromatic heterocycles. The fourth-order valence-corrected chi connectivity index (χ4v) is 1.75. The number of hydrogen-bond acceptors (Lipinski definition) is 6. The third kappa shape index (κ3) is 46.1. The van der Waals surface area contributed by atoms with E-state index in [-0.39, 0.29) is 23.4 Å². The maximum absolute atomic E-state index is 8.41. The molecule has 186 valence electrons. The highest BCUT2D eigenvalue weighted by molar-refractivity contribution is 4.58. The molecular formula is C24H54O6. The Hall–Kier alpha value is -0.240. The summed E-state index contributed by atoms with van der Waals surface area (Å²) in [4.78, 5) is 0. The Kier molecular flexibility index (Phi) is 23.7. The monoisotopic (exact) mass is 438 g/mol. The minimum absolute atomic E-state index is 0.0503. The molecule has 0 aromatic carbocycles. The fraction of sp³-hybridized carbons (Fsp3) is 1.00. The Morgan fingerprint density at radius 1 is 0.533 bits per heavy atom. The quantitative estimate of drug-likeness (QED) is 0.420. The van der Waals surface area contributed by atoms with E-state index < -0.39 is 0 Å². The van der Waals surface area contributed by atoms with Gasteiger partial charge in [-0.05, 0) is 75.7 Å². The van der Waals surface area contributed by atoms with Gasteiger partial charge in [-0.15, -0.1) is 0 Å². The number of hydrogen-bond donors (Lipinski definition) is 1. The molecule has 0 saturated heterocycles. The van der Waals surface area contributed by atoms with Crippen molar-refractivity contribution in [2.75, 3.05) is 52.9 Å². The van der Waals surface area contributed by atoms with Crippen molar-refractivity contribution in [3.8, 4) is 0 Å². The minimum atomic E-state index is -0.100. The van der Waals surface area contributed by atoms with Gasteiger partial charge in [0.15, 0.2) is 0 Å². The van der Waals surface area contributed by atoms with Gasteiger partial charge < -0.3 is 28.8 Å². The molecule has 1 N–H and O–H groups in total. The molecule has 0 atom stereocenters. The summed E-state index contributed by atoms with van der Waals surface area (Å²) in [5.41, 5.74) is 0.000663. The highest BCUT2D eigenvalue weighted by Crippen LogP contribution is 2.07. The molecule has 0 heterocycles. The van der Waals surface area contributed by atoms with Crippen LogP contribution in [0.15, 0.2) is 0 Å². The van der Waals surface area contributed by atoms with Crippen LogP contribution in [0.3, 0.4) is 0 Å². The molecule has 0 rings (SSSR count). The van der Waals surface area contributed by atoms with Gasteiger partial charge in [0, 0.05) is 13.2 Å². The molecule has 0 radical (unpaired) electrons. The van der Waals surface area contributed by atoms with Crippen molar-refractivity contribution in [3.63, 3.8) is 0 Å². The Balaban J connectivity index is -0.000000393. The SMILES string of the molecule is CC(C)(C)OCCOCCOCCO.CCCCOC(C)(C)C.CCOC(C)(C)C. The maximum atomic E-state index is 8.41. The van der Waals surface area contributed by atoms with E-state index in [1.54, 1.807) is 0 Å². The van der Waals surface area contributed by atoms with Crippen LogP contribution in [0.2, 0.25) is 0 Å². The molecule has 0 aliphatic rings. The van der Waals surface area contributed by atoms with Gasteiger partial charge in [-0.2, -0.15) is 0 Å². The zero-order valence-corrected chi connectivity index (χ0v) is 22.1. The van der Waals surface area contributed by atoms with Gasteiger partial charge in [-0.25, -0.2) is 0 Å². The number of aliphatic hydroxyl groups is 1. The van der Waals surface area contributed by atoms with Crippen LogP contribution in [0.25, 0.3) is 0 Å². The van der Waals surface area contributed by atoms with Crippen molar-refractivity contribution in [3.05, 3.63) is 0 Å². The van der Waals surface area contributed by atoms with Crippen molar-refractivity contribution < 1.29 is 28.8 Å². The van der Waals surface area contributed by atoms with Gasteiger partial charge in [0.2, 0.25) is 0 Å². The summed E-state index contributed by atoms with van der Waals surface area (Å²) in [6.07, 6.45) is 2.40. The lowest BCUT2D eigenvalue weighted by atomic mass is 10.2.